The minimum Gasteiger partial charge on any atom is -0.377 e. The fourth-order valence-corrected chi connectivity index (χ4v) is 2.64. The summed E-state index contributed by atoms with van der Waals surface area (Å²) in [6.07, 6.45) is 3.06. The Kier molecular flexibility index (Phi) is 6.17. The van der Waals surface area contributed by atoms with E-state index in [0.29, 0.717) is 12.5 Å². The van der Waals surface area contributed by atoms with Gasteiger partial charge in [0.15, 0.2) is 0 Å². The number of nitrogens with zero attached hydrogens (tertiary/aromatic N) is 1. The normalized spacial score (nSPS) is 18.1. The molecule has 0 spiro atoms. The number of rotatable bonds is 7. The largest absolute Gasteiger partial charge is 0.377 e. The second kappa shape index (κ2) is 8.12. The van der Waals surface area contributed by atoms with Gasteiger partial charge in [-0.25, -0.2) is 5.84 Å². The van der Waals surface area contributed by atoms with E-state index in [0.717, 1.165) is 31.8 Å². The summed E-state index contributed by atoms with van der Waals surface area (Å²) in [4.78, 5) is 13.6. The molecule has 1 aliphatic heterocycles. The minimum absolute atomic E-state index is 0.170. The zero-order chi connectivity index (χ0) is 15.1. The van der Waals surface area contributed by atoms with Gasteiger partial charge in [0.1, 0.15) is 0 Å². The van der Waals surface area contributed by atoms with Gasteiger partial charge in [0.05, 0.1) is 12.5 Å². The van der Waals surface area contributed by atoms with Crippen molar-refractivity contribution in [2.75, 3.05) is 19.7 Å². The van der Waals surface area contributed by atoms with Crippen LogP contribution in [0.5, 0.6) is 0 Å². The number of nitrogens with two attached hydrogens (primary N) is 1. The fraction of sp³-hybridized carbons (Fsp3) is 0.562. The summed E-state index contributed by atoms with van der Waals surface area (Å²) < 4.78 is 5.70. The first-order chi connectivity index (χ1) is 10.2. The van der Waals surface area contributed by atoms with Crippen LogP contribution in [0.15, 0.2) is 24.3 Å². The van der Waals surface area contributed by atoms with Gasteiger partial charge in [-0.1, -0.05) is 31.2 Å². The van der Waals surface area contributed by atoms with Crippen molar-refractivity contribution in [3.8, 4) is 0 Å². The molecule has 1 fully saturated rings. The highest BCUT2D eigenvalue weighted by Gasteiger charge is 2.18. The first-order valence-electron chi connectivity index (χ1n) is 7.62. The zero-order valence-corrected chi connectivity index (χ0v) is 12.7. The lowest BCUT2D eigenvalue weighted by atomic mass is 10.1. The smallest absolute Gasteiger partial charge is 0.238 e. The van der Waals surface area contributed by atoms with Crippen LogP contribution < -0.4 is 11.3 Å². The molecule has 1 heterocycles. The molecular formula is C16H25N3O2. The Hall–Kier alpha value is -1.43. The third-order valence-electron chi connectivity index (χ3n) is 3.89. The van der Waals surface area contributed by atoms with Crippen molar-refractivity contribution in [1.29, 1.82) is 0 Å². The van der Waals surface area contributed by atoms with Gasteiger partial charge < -0.3 is 4.74 Å². The maximum atomic E-state index is 11.2. The second-order valence-corrected chi connectivity index (χ2v) is 5.52. The third kappa shape index (κ3) is 5.12. The molecule has 1 atom stereocenters. The molecule has 0 bridgehead atoms. The van der Waals surface area contributed by atoms with Crippen LogP contribution in [-0.4, -0.2) is 36.6 Å². The van der Waals surface area contributed by atoms with Gasteiger partial charge in [0.25, 0.3) is 0 Å². The van der Waals surface area contributed by atoms with Crippen molar-refractivity contribution in [2.45, 2.75) is 38.8 Å². The highest BCUT2D eigenvalue weighted by Crippen LogP contribution is 2.15. The molecule has 0 saturated carbocycles. The van der Waals surface area contributed by atoms with Crippen LogP contribution in [0.2, 0.25) is 0 Å². The molecule has 0 aromatic heterocycles. The van der Waals surface area contributed by atoms with E-state index in [9.17, 15) is 4.79 Å². The van der Waals surface area contributed by atoms with Crippen molar-refractivity contribution < 1.29 is 9.53 Å². The molecule has 0 radical (unpaired) electrons. The molecule has 116 valence electrons. The summed E-state index contributed by atoms with van der Waals surface area (Å²) in [5, 5.41) is 0. The Morgan fingerprint density at radius 2 is 2.10 bits per heavy atom. The summed E-state index contributed by atoms with van der Waals surface area (Å²) in [5.41, 5.74) is 4.38. The fourth-order valence-electron chi connectivity index (χ4n) is 2.64. The number of nitrogens with one attached hydrogen (secondary N) is 1. The van der Waals surface area contributed by atoms with Crippen molar-refractivity contribution in [2.24, 2.45) is 5.84 Å². The van der Waals surface area contributed by atoms with E-state index in [-0.39, 0.29) is 5.91 Å². The number of carbonyl (C=O) groups excluding carboxylic acids is 1. The monoisotopic (exact) mass is 291 g/mol. The molecule has 2 rings (SSSR count). The van der Waals surface area contributed by atoms with Crippen LogP contribution in [-0.2, 0) is 22.5 Å². The third-order valence-corrected chi connectivity index (χ3v) is 3.89. The van der Waals surface area contributed by atoms with Crippen LogP contribution in [0.25, 0.3) is 0 Å². The Morgan fingerprint density at radius 3 is 2.67 bits per heavy atom. The average Bonchev–Trinajstić information content (AvgIpc) is 3.01. The standard InChI is InChI=1S/C16H25N3O2/c1-2-19(12-15-4-3-9-21-15)11-14-7-5-13(6-8-14)10-16(20)18-17/h5-8,15H,2-4,9-12,17H2,1H3,(H,18,20). The Morgan fingerprint density at radius 1 is 1.38 bits per heavy atom. The van der Waals surface area contributed by atoms with E-state index in [1.54, 1.807) is 0 Å². The summed E-state index contributed by atoms with van der Waals surface area (Å²) in [6.45, 7) is 6.00. The number of carbonyl (C=O) groups is 1. The Bertz CT molecular complexity index is 441. The summed E-state index contributed by atoms with van der Waals surface area (Å²) in [6, 6.07) is 8.14. The lowest BCUT2D eigenvalue weighted by Crippen LogP contribution is -2.32. The number of hydrogen-bond donors (Lipinski definition) is 2. The molecule has 5 heteroatoms. The summed E-state index contributed by atoms with van der Waals surface area (Å²) in [5.74, 6) is 4.92. The molecular weight excluding hydrogens is 266 g/mol. The average molecular weight is 291 g/mol. The molecule has 0 aliphatic carbocycles. The van der Waals surface area contributed by atoms with E-state index >= 15 is 0 Å². The maximum absolute atomic E-state index is 11.2. The zero-order valence-electron chi connectivity index (χ0n) is 12.7. The molecule has 3 N–H and O–H groups in total. The van der Waals surface area contributed by atoms with Crippen molar-refractivity contribution in [3.63, 3.8) is 0 Å². The summed E-state index contributed by atoms with van der Waals surface area (Å²) >= 11 is 0. The van der Waals surface area contributed by atoms with Gasteiger partial charge >= 0.3 is 0 Å². The Balaban J connectivity index is 1.86. The van der Waals surface area contributed by atoms with Crippen molar-refractivity contribution in [3.05, 3.63) is 35.4 Å². The first kappa shape index (κ1) is 15.9. The molecule has 1 amide bonds. The molecule has 1 aliphatic rings. The number of amides is 1. The minimum atomic E-state index is -0.170. The lowest BCUT2D eigenvalue weighted by molar-refractivity contribution is -0.120. The van der Waals surface area contributed by atoms with E-state index < -0.39 is 0 Å². The van der Waals surface area contributed by atoms with Gasteiger partial charge in [0.2, 0.25) is 5.91 Å². The number of hydrazine groups is 1. The van der Waals surface area contributed by atoms with E-state index in [1.807, 2.05) is 12.1 Å². The van der Waals surface area contributed by atoms with Gasteiger partial charge in [-0.2, -0.15) is 0 Å². The van der Waals surface area contributed by atoms with Gasteiger partial charge in [-0.3, -0.25) is 15.1 Å². The quantitative estimate of drug-likeness (QED) is 0.450. The molecule has 21 heavy (non-hydrogen) atoms. The van der Waals surface area contributed by atoms with Crippen molar-refractivity contribution >= 4 is 5.91 Å². The van der Waals surface area contributed by atoms with Crippen LogP contribution in [0, 0.1) is 0 Å². The van der Waals surface area contributed by atoms with E-state index in [2.05, 4.69) is 29.4 Å². The highest BCUT2D eigenvalue weighted by atomic mass is 16.5. The van der Waals surface area contributed by atoms with Gasteiger partial charge in [-0.15, -0.1) is 0 Å². The molecule has 1 aromatic carbocycles. The number of ether oxygens (including phenoxy) is 1. The first-order valence-corrected chi connectivity index (χ1v) is 7.62. The predicted molar refractivity (Wildman–Crippen MR) is 82.4 cm³/mol. The topological polar surface area (TPSA) is 67.6 Å². The SMILES string of the molecule is CCN(Cc1ccc(CC(=O)NN)cc1)CC1CCCO1. The maximum Gasteiger partial charge on any atom is 0.238 e. The van der Waals surface area contributed by atoms with Crippen LogP contribution in [0.4, 0.5) is 0 Å². The van der Waals surface area contributed by atoms with E-state index in [1.165, 1.54) is 18.4 Å². The van der Waals surface area contributed by atoms with Crippen LogP contribution >= 0.6 is 0 Å². The van der Waals surface area contributed by atoms with Gasteiger partial charge in [0, 0.05) is 19.7 Å². The highest BCUT2D eigenvalue weighted by molar-refractivity contribution is 5.77. The summed E-state index contributed by atoms with van der Waals surface area (Å²) in [7, 11) is 0. The van der Waals surface area contributed by atoms with Crippen LogP contribution in [0.1, 0.15) is 30.9 Å². The Labute approximate surface area is 126 Å². The molecule has 5 nitrogen and oxygen atoms in total. The number of hydrogen-bond acceptors (Lipinski definition) is 4. The molecule has 1 saturated heterocycles. The van der Waals surface area contributed by atoms with Crippen molar-refractivity contribution in [1.82, 2.24) is 10.3 Å². The van der Waals surface area contributed by atoms with Crippen LogP contribution in [0.3, 0.4) is 0 Å². The molecule has 1 aromatic rings. The second-order valence-electron chi connectivity index (χ2n) is 5.52. The van der Waals surface area contributed by atoms with Gasteiger partial charge in [-0.05, 0) is 30.5 Å². The number of benzene rings is 1. The molecule has 1 unspecified atom stereocenters. The predicted octanol–water partition coefficient (Wildman–Crippen LogP) is 1.22. The van der Waals surface area contributed by atoms with E-state index in [4.69, 9.17) is 10.6 Å². The number of likely N-dealkylation sites (N-methyl/N-ethyl adjacent to an activating group) is 1. The lowest BCUT2D eigenvalue weighted by Gasteiger charge is -2.23.